The van der Waals surface area contributed by atoms with Gasteiger partial charge in [0.15, 0.2) is 0 Å². The topological polar surface area (TPSA) is 105 Å². The fraction of sp³-hybridized carbons (Fsp3) is 0.423. The fourth-order valence-electron chi connectivity index (χ4n) is 4.52. The summed E-state index contributed by atoms with van der Waals surface area (Å²) in [5.74, 6) is -1.39. The summed E-state index contributed by atoms with van der Waals surface area (Å²) in [6, 6.07) is 15.4. The number of fused-ring (bicyclic) bond motifs is 2. The third kappa shape index (κ3) is 5.16. The van der Waals surface area contributed by atoms with Crippen LogP contribution in [0.5, 0.6) is 11.5 Å². The Kier molecular flexibility index (Phi) is 6.50. The van der Waals surface area contributed by atoms with Gasteiger partial charge in [0.2, 0.25) is 5.91 Å². The molecule has 8 heteroatoms. The highest BCUT2D eigenvalue weighted by Gasteiger charge is 2.39. The quantitative estimate of drug-likeness (QED) is 0.706. The van der Waals surface area contributed by atoms with Gasteiger partial charge in [-0.3, -0.25) is 9.59 Å². The number of piperidine rings is 1. The molecule has 2 unspecified atom stereocenters. The van der Waals surface area contributed by atoms with E-state index in [1.54, 1.807) is 20.8 Å². The number of para-hydroxylation sites is 2. The summed E-state index contributed by atoms with van der Waals surface area (Å²) >= 11 is 0. The molecule has 0 saturated carbocycles. The van der Waals surface area contributed by atoms with Crippen molar-refractivity contribution in [2.75, 3.05) is 19.6 Å². The molecule has 34 heavy (non-hydrogen) atoms. The van der Waals surface area contributed by atoms with Crippen LogP contribution >= 0.6 is 0 Å². The lowest BCUT2D eigenvalue weighted by atomic mass is 9.86. The normalized spacial score (nSPS) is 19.9. The molecular formula is C26H30N2O6. The number of amides is 2. The molecule has 4 rings (SSSR count). The van der Waals surface area contributed by atoms with E-state index in [0.29, 0.717) is 6.54 Å². The van der Waals surface area contributed by atoms with Crippen LogP contribution in [-0.2, 0) is 14.3 Å². The zero-order chi connectivity index (χ0) is 24.5. The number of carboxylic acids is 1. The van der Waals surface area contributed by atoms with Crippen molar-refractivity contribution >= 4 is 18.0 Å². The average molecular weight is 467 g/mol. The number of likely N-dealkylation sites (tertiary alicyclic amines) is 1. The molecule has 1 fully saturated rings. The van der Waals surface area contributed by atoms with Gasteiger partial charge in [-0.2, -0.15) is 0 Å². The van der Waals surface area contributed by atoms with Crippen LogP contribution in [0.1, 0.15) is 44.2 Å². The zero-order valence-electron chi connectivity index (χ0n) is 19.6. The van der Waals surface area contributed by atoms with Gasteiger partial charge >= 0.3 is 12.1 Å². The van der Waals surface area contributed by atoms with Gasteiger partial charge in [-0.15, -0.1) is 0 Å². The number of aliphatic carboxylic acids is 1. The van der Waals surface area contributed by atoms with Gasteiger partial charge in [-0.1, -0.05) is 36.4 Å². The molecule has 2 atom stereocenters. The summed E-state index contributed by atoms with van der Waals surface area (Å²) in [4.78, 5) is 38.8. The van der Waals surface area contributed by atoms with E-state index in [1.807, 2.05) is 48.5 Å². The molecule has 0 aliphatic carbocycles. The van der Waals surface area contributed by atoms with E-state index >= 15 is 0 Å². The summed E-state index contributed by atoms with van der Waals surface area (Å²) in [5.41, 5.74) is 1.24. The minimum atomic E-state index is -1.03. The first-order valence-electron chi connectivity index (χ1n) is 11.5. The van der Waals surface area contributed by atoms with E-state index in [9.17, 15) is 19.5 Å². The Labute approximate surface area is 198 Å². The highest BCUT2D eigenvalue weighted by Crippen LogP contribution is 2.43. The Morgan fingerprint density at radius 3 is 2.12 bits per heavy atom. The number of hydrogen-bond donors (Lipinski definition) is 2. The van der Waals surface area contributed by atoms with Gasteiger partial charge in [0.05, 0.1) is 11.8 Å². The Morgan fingerprint density at radius 1 is 1.00 bits per heavy atom. The Morgan fingerprint density at radius 2 is 1.56 bits per heavy atom. The maximum Gasteiger partial charge on any atom is 0.410 e. The number of benzene rings is 2. The maximum absolute atomic E-state index is 13.2. The predicted octanol–water partition coefficient (Wildman–Crippen LogP) is 4.00. The molecule has 0 spiro atoms. The van der Waals surface area contributed by atoms with Gasteiger partial charge < -0.3 is 24.8 Å². The monoisotopic (exact) mass is 466 g/mol. The second kappa shape index (κ2) is 9.37. The molecular weight excluding hydrogens is 436 g/mol. The maximum atomic E-state index is 13.2. The second-order valence-corrected chi connectivity index (χ2v) is 9.83. The zero-order valence-corrected chi connectivity index (χ0v) is 19.6. The van der Waals surface area contributed by atoms with Crippen LogP contribution in [-0.4, -0.2) is 53.2 Å². The third-order valence-electron chi connectivity index (χ3n) is 6.11. The van der Waals surface area contributed by atoms with Gasteiger partial charge in [-0.05, 0) is 39.3 Å². The molecule has 2 amide bonds. The predicted molar refractivity (Wildman–Crippen MR) is 125 cm³/mol. The number of nitrogens with zero attached hydrogens (tertiary/aromatic N) is 1. The molecule has 180 valence electrons. The van der Waals surface area contributed by atoms with Crippen molar-refractivity contribution in [1.29, 1.82) is 0 Å². The van der Waals surface area contributed by atoms with E-state index in [1.165, 1.54) is 4.90 Å². The highest BCUT2D eigenvalue weighted by molar-refractivity contribution is 5.82. The van der Waals surface area contributed by atoms with Crippen molar-refractivity contribution in [3.63, 3.8) is 0 Å². The minimum absolute atomic E-state index is 0.0226. The van der Waals surface area contributed by atoms with Crippen LogP contribution in [0.25, 0.3) is 0 Å². The Bertz CT molecular complexity index is 1050. The molecule has 1 saturated heterocycles. The van der Waals surface area contributed by atoms with Crippen LogP contribution in [0.3, 0.4) is 0 Å². The first-order valence-corrected chi connectivity index (χ1v) is 11.5. The Hall–Kier alpha value is -3.55. The fourth-order valence-corrected chi connectivity index (χ4v) is 4.52. The lowest BCUT2D eigenvalue weighted by Gasteiger charge is -2.36. The molecule has 8 nitrogen and oxygen atoms in total. The number of ether oxygens (including phenoxy) is 2. The van der Waals surface area contributed by atoms with Gasteiger partial charge in [0.1, 0.15) is 17.1 Å². The summed E-state index contributed by atoms with van der Waals surface area (Å²) in [7, 11) is 0. The lowest BCUT2D eigenvalue weighted by Crippen LogP contribution is -2.51. The molecule has 0 aromatic heterocycles. The number of nitrogens with one attached hydrogen (secondary N) is 1. The van der Waals surface area contributed by atoms with Crippen molar-refractivity contribution in [1.82, 2.24) is 10.2 Å². The third-order valence-corrected chi connectivity index (χ3v) is 6.11. The van der Waals surface area contributed by atoms with Gasteiger partial charge in [0, 0.05) is 36.7 Å². The summed E-state index contributed by atoms with van der Waals surface area (Å²) in [6.07, 6.45) is -0.440. The molecule has 2 aromatic carbocycles. The largest absolute Gasteiger partial charge is 0.481 e. The number of hydrogen-bond acceptors (Lipinski definition) is 5. The van der Waals surface area contributed by atoms with Gasteiger partial charge in [-0.25, -0.2) is 4.79 Å². The van der Waals surface area contributed by atoms with Crippen molar-refractivity contribution in [2.45, 2.75) is 38.7 Å². The van der Waals surface area contributed by atoms with Crippen molar-refractivity contribution in [3.8, 4) is 11.5 Å². The van der Waals surface area contributed by atoms with Crippen molar-refractivity contribution < 1.29 is 29.0 Å². The molecule has 0 bridgehead atoms. The minimum Gasteiger partial charge on any atom is -0.481 e. The number of carboxylic acid groups (broad SMARTS) is 1. The van der Waals surface area contributed by atoms with E-state index in [2.05, 4.69) is 5.32 Å². The van der Waals surface area contributed by atoms with Crippen LogP contribution < -0.4 is 10.1 Å². The molecule has 2 aliphatic heterocycles. The number of rotatable bonds is 4. The van der Waals surface area contributed by atoms with Crippen molar-refractivity contribution in [3.05, 3.63) is 59.7 Å². The number of carbonyl (C=O) groups is 3. The van der Waals surface area contributed by atoms with Crippen LogP contribution in [0, 0.1) is 11.8 Å². The van der Waals surface area contributed by atoms with Crippen LogP contribution in [0.15, 0.2) is 48.5 Å². The van der Waals surface area contributed by atoms with Gasteiger partial charge in [0.25, 0.3) is 0 Å². The summed E-state index contributed by atoms with van der Waals surface area (Å²) in [6.45, 7) is 5.71. The van der Waals surface area contributed by atoms with E-state index in [-0.39, 0.29) is 31.3 Å². The molecule has 2 aliphatic rings. The lowest BCUT2D eigenvalue weighted by molar-refractivity contribution is -0.145. The molecule has 2 aromatic rings. The summed E-state index contributed by atoms with van der Waals surface area (Å²) < 4.78 is 11.4. The molecule has 0 radical (unpaired) electrons. The molecule has 2 heterocycles. The first-order chi connectivity index (χ1) is 16.1. The van der Waals surface area contributed by atoms with Crippen LogP contribution in [0.4, 0.5) is 4.79 Å². The smallest absolute Gasteiger partial charge is 0.410 e. The Balaban J connectivity index is 1.49. The SMILES string of the molecule is CC(C)(C)OC(=O)N1CC(C(=O)O)CC(C(=O)NCC2c3ccccc3Oc3ccccc32)C1. The average Bonchev–Trinajstić information content (AvgIpc) is 2.80. The van der Waals surface area contributed by atoms with E-state index < -0.39 is 29.5 Å². The highest BCUT2D eigenvalue weighted by atomic mass is 16.6. The standard InChI is InChI=1S/C26H30N2O6/c1-26(2,3)34-25(32)28-14-16(12-17(15-28)24(30)31)23(29)27-13-20-18-8-4-6-10-21(18)33-22-11-7-5-9-19(20)22/h4-11,16-17,20H,12-15H2,1-3H3,(H,27,29)(H,30,31). The second-order valence-electron chi connectivity index (χ2n) is 9.83. The molecule has 2 N–H and O–H groups in total. The van der Waals surface area contributed by atoms with Crippen molar-refractivity contribution in [2.24, 2.45) is 11.8 Å². The first kappa shape index (κ1) is 23.6. The van der Waals surface area contributed by atoms with E-state index in [0.717, 1.165) is 22.6 Å². The van der Waals surface area contributed by atoms with E-state index in [4.69, 9.17) is 9.47 Å². The summed E-state index contributed by atoms with van der Waals surface area (Å²) in [5, 5.41) is 12.6. The van der Waals surface area contributed by atoms with Crippen LogP contribution in [0.2, 0.25) is 0 Å². The number of carbonyl (C=O) groups excluding carboxylic acids is 2.